The fourth-order valence-corrected chi connectivity index (χ4v) is 2.24. The van der Waals surface area contributed by atoms with Gasteiger partial charge in [-0.25, -0.2) is 4.98 Å². The number of imidazole rings is 1. The average Bonchev–Trinajstić information content (AvgIpc) is 2.76. The normalized spacial score (nSPS) is 10.7. The van der Waals surface area contributed by atoms with Gasteiger partial charge < -0.3 is 10.7 Å². The van der Waals surface area contributed by atoms with Gasteiger partial charge in [-0.1, -0.05) is 37.3 Å². The van der Waals surface area contributed by atoms with Crippen LogP contribution in [0.2, 0.25) is 0 Å². The fourth-order valence-electron chi connectivity index (χ4n) is 2.24. The van der Waals surface area contributed by atoms with Crippen LogP contribution in [0.25, 0.3) is 0 Å². The molecule has 18 heavy (non-hydrogen) atoms. The number of aryl methyl sites for hydroxylation is 3. The van der Waals surface area contributed by atoms with E-state index in [-0.39, 0.29) is 0 Å². The van der Waals surface area contributed by atoms with E-state index in [1.165, 1.54) is 24.1 Å². The molecule has 0 saturated carbocycles. The molecule has 0 spiro atoms. The minimum absolute atomic E-state index is 0.546. The van der Waals surface area contributed by atoms with E-state index in [1.807, 2.05) is 0 Å². The number of unbranched alkanes of at least 4 members (excludes halogenated alkanes) is 1. The number of anilines is 1. The van der Waals surface area contributed by atoms with Crippen molar-refractivity contribution in [1.29, 1.82) is 0 Å². The molecule has 2 rings (SSSR count). The molecule has 3 N–H and O–H groups in total. The number of nitrogen functional groups attached to an aromatic ring is 1. The zero-order valence-electron chi connectivity index (χ0n) is 10.9. The molecular formula is C15H21N3. The van der Waals surface area contributed by atoms with Crippen molar-refractivity contribution in [2.24, 2.45) is 0 Å². The molecule has 0 aliphatic carbocycles. The Morgan fingerprint density at radius 2 is 1.83 bits per heavy atom. The van der Waals surface area contributed by atoms with Gasteiger partial charge >= 0.3 is 0 Å². The molecule has 1 aromatic heterocycles. The Labute approximate surface area is 108 Å². The topological polar surface area (TPSA) is 54.7 Å². The molecule has 0 aliphatic rings. The van der Waals surface area contributed by atoms with E-state index in [0.29, 0.717) is 5.95 Å². The van der Waals surface area contributed by atoms with Crippen molar-refractivity contribution in [3.63, 3.8) is 0 Å². The number of aromatic nitrogens is 2. The van der Waals surface area contributed by atoms with Crippen molar-refractivity contribution in [2.75, 3.05) is 5.73 Å². The van der Waals surface area contributed by atoms with Crippen LogP contribution in [0.3, 0.4) is 0 Å². The highest BCUT2D eigenvalue weighted by molar-refractivity contribution is 5.26. The van der Waals surface area contributed by atoms with Crippen molar-refractivity contribution < 1.29 is 0 Å². The van der Waals surface area contributed by atoms with Crippen LogP contribution in [0.4, 0.5) is 5.95 Å². The van der Waals surface area contributed by atoms with Gasteiger partial charge in [0.15, 0.2) is 5.95 Å². The Balaban J connectivity index is 1.78. The number of nitrogens with one attached hydrogen (secondary N) is 1. The fraction of sp³-hybridized carbons (Fsp3) is 0.400. The standard InChI is InChI=1S/C15H21N3/c1-2-13-14(18-15(16)17-13)11-7-6-10-12-8-4-3-5-9-12/h3-5,8-9H,2,6-7,10-11H2,1H3,(H3,16,17,18). The lowest BCUT2D eigenvalue weighted by Crippen LogP contribution is -1.93. The number of hydrogen-bond acceptors (Lipinski definition) is 2. The van der Waals surface area contributed by atoms with E-state index in [0.717, 1.165) is 25.0 Å². The van der Waals surface area contributed by atoms with Crippen molar-refractivity contribution in [3.05, 3.63) is 47.3 Å². The number of nitrogens with two attached hydrogens (primary N) is 1. The van der Waals surface area contributed by atoms with Crippen LogP contribution in [-0.2, 0) is 19.3 Å². The Morgan fingerprint density at radius 1 is 1.11 bits per heavy atom. The van der Waals surface area contributed by atoms with E-state index in [2.05, 4.69) is 47.2 Å². The molecule has 0 amide bonds. The molecule has 0 aliphatic heterocycles. The van der Waals surface area contributed by atoms with Crippen LogP contribution >= 0.6 is 0 Å². The highest BCUT2D eigenvalue weighted by Crippen LogP contribution is 2.13. The molecule has 0 saturated heterocycles. The molecule has 0 bridgehead atoms. The summed E-state index contributed by atoms with van der Waals surface area (Å²) in [6.07, 6.45) is 5.50. The summed E-state index contributed by atoms with van der Waals surface area (Å²) >= 11 is 0. The quantitative estimate of drug-likeness (QED) is 0.766. The first-order chi connectivity index (χ1) is 8.79. The first-order valence-electron chi connectivity index (χ1n) is 6.66. The number of aromatic amines is 1. The van der Waals surface area contributed by atoms with Gasteiger partial charge in [-0.2, -0.15) is 0 Å². The predicted molar refractivity (Wildman–Crippen MR) is 75.5 cm³/mol. The Morgan fingerprint density at radius 3 is 2.56 bits per heavy atom. The first-order valence-corrected chi connectivity index (χ1v) is 6.66. The minimum Gasteiger partial charge on any atom is -0.369 e. The SMILES string of the molecule is CCc1nc(N)[nH]c1CCCCc1ccccc1. The third kappa shape index (κ3) is 3.36. The van der Waals surface area contributed by atoms with E-state index in [9.17, 15) is 0 Å². The molecule has 0 radical (unpaired) electrons. The van der Waals surface area contributed by atoms with Gasteiger partial charge in [0.25, 0.3) is 0 Å². The van der Waals surface area contributed by atoms with Crippen LogP contribution in [0.15, 0.2) is 30.3 Å². The summed E-state index contributed by atoms with van der Waals surface area (Å²) in [5.74, 6) is 0.546. The summed E-state index contributed by atoms with van der Waals surface area (Å²) < 4.78 is 0. The maximum absolute atomic E-state index is 5.68. The molecule has 3 nitrogen and oxygen atoms in total. The molecule has 96 valence electrons. The zero-order chi connectivity index (χ0) is 12.8. The number of benzene rings is 1. The monoisotopic (exact) mass is 243 g/mol. The van der Waals surface area contributed by atoms with Crippen LogP contribution in [-0.4, -0.2) is 9.97 Å². The van der Waals surface area contributed by atoms with Crippen LogP contribution in [0.1, 0.15) is 36.7 Å². The highest BCUT2D eigenvalue weighted by Gasteiger charge is 2.06. The summed E-state index contributed by atoms with van der Waals surface area (Å²) in [4.78, 5) is 7.45. The lowest BCUT2D eigenvalue weighted by atomic mass is 10.1. The van der Waals surface area contributed by atoms with E-state index >= 15 is 0 Å². The van der Waals surface area contributed by atoms with Crippen LogP contribution in [0, 0.1) is 0 Å². The highest BCUT2D eigenvalue weighted by atomic mass is 15.0. The smallest absolute Gasteiger partial charge is 0.197 e. The van der Waals surface area contributed by atoms with Gasteiger partial charge in [0.1, 0.15) is 0 Å². The van der Waals surface area contributed by atoms with Gasteiger partial charge in [0.2, 0.25) is 0 Å². The predicted octanol–water partition coefficient (Wildman–Crippen LogP) is 3.12. The van der Waals surface area contributed by atoms with Crippen molar-refractivity contribution in [3.8, 4) is 0 Å². The number of hydrogen-bond donors (Lipinski definition) is 2. The second-order valence-electron chi connectivity index (χ2n) is 4.59. The maximum atomic E-state index is 5.68. The molecule has 1 heterocycles. The van der Waals surface area contributed by atoms with Crippen molar-refractivity contribution in [2.45, 2.75) is 39.0 Å². The maximum Gasteiger partial charge on any atom is 0.197 e. The average molecular weight is 243 g/mol. The summed E-state index contributed by atoms with van der Waals surface area (Å²) in [5.41, 5.74) is 9.43. The summed E-state index contributed by atoms with van der Waals surface area (Å²) in [6.45, 7) is 2.11. The van der Waals surface area contributed by atoms with E-state index in [1.54, 1.807) is 0 Å². The second-order valence-corrected chi connectivity index (χ2v) is 4.59. The van der Waals surface area contributed by atoms with Gasteiger partial charge in [-0.05, 0) is 37.7 Å². The molecule has 1 aromatic carbocycles. The first kappa shape index (κ1) is 12.7. The summed E-state index contributed by atoms with van der Waals surface area (Å²) in [5, 5.41) is 0. The van der Waals surface area contributed by atoms with E-state index < -0.39 is 0 Å². The minimum atomic E-state index is 0.546. The third-order valence-corrected chi connectivity index (χ3v) is 3.20. The molecule has 0 unspecified atom stereocenters. The van der Waals surface area contributed by atoms with Crippen molar-refractivity contribution in [1.82, 2.24) is 9.97 Å². The summed E-state index contributed by atoms with van der Waals surface area (Å²) in [7, 11) is 0. The number of H-pyrrole nitrogens is 1. The molecule has 0 atom stereocenters. The number of nitrogens with zero attached hydrogens (tertiary/aromatic N) is 1. The summed E-state index contributed by atoms with van der Waals surface area (Å²) in [6, 6.07) is 10.6. The Kier molecular flexibility index (Phi) is 4.40. The number of rotatable bonds is 6. The van der Waals surface area contributed by atoms with Crippen molar-refractivity contribution >= 4 is 5.95 Å². The molecular weight excluding hydrogens is 222 g/mol. The van der Waals surface area contributed by atoms with Gasteiger partial charge in [-0.3, -0.25) is 0 Å². The second kappa shape index (κ2) is 6.24. The Bertz CT molecular complexity index is 474. The molecule has 0 fully saturated rings. The molecule has 2 aromatic rings. The third-order valence-electron chi connectivity index (χ3n) is 3.20. The van der Waals surface area contributed by atoms with E-state index in [4.69, 9.17) is 5.73 Å². The van der Waals surface area contributed by atoms with Gasteiger partial charge in [-0.15, -0.1) is 0 Å². The van der Waals surface area contributed by atoms with Gasteiger partial charge in [0, 0.05) is 5.69 Å². The lowest BCUT2D eigenvalue weighted by molar-refractivity contribution is 0.720. The van der Waals surface area contributed by atoms with Crippen LogP contribution < -0.4 is 5.73 Å². The largest absolute Gasteiger partial charge is 0.369 e. The van der Waals surface area contributed by atoms with Crippen LogP contribution in [0.5, 0.6) is 0 Å². The van der Waals surface area contributed by atoms with Gasteiger partial charge in [0.05, 0.1) is 5.69 Å². The lowest BCUT2D eigenvalue weighted by Gasteiger charge is -2.02. The Hall–Kier alpha value is -1.77. The molecule has 3 heteroatoms. The zero-order valence-corrected chi connectivity index (χ0v) is 10.9.